The van der Waals surface area contributed by atoms with Gasteiger partial charge in [-0.2, -0.15) is 0 Å². The Kier molecular flexibility index (Phi) is 7.85. The van der Waals surface area contributed by atoms with E-state index in [1.807, 2.05) is 48.5 Å². The van der Waals surface area contributed by atoms with Crippen LogP contribution in [0, 0.1) is 0 Å². The van der Waals surface area contributed by atoms with Gasteiger partial charge in [0.2, 0.25) is 0 Å². The highest BCUT2D eigenvalue weighted by Gasteiger charge is 2.24. The molecule has 1 aliphatic heterocycles. The number of amides is 2. The molecule has 1 heterocycles. The van der Waals surface area contributed by atoms with Crippen LogP contribution in [0.4, 0.5) is 5.69 Å². The fourth-order valence-corrected chi connectivity index (χ4v) is 3.73. The number of hydrogen-bond donors (Lipinski definition) is 2. The molecule has 2 amide bonds. The van der Waals surface area contributed by atoms with E-state index in [1.54, 1.807) is 7.11 Å². The zero-order valence-corrected chi connectivity index (χ0v) is 17.8. The van der Waals surface area contributed by atoms with Crippen molar-refractivity contribution < 1.29 is 14.3 Å². The fourth-order valence-electron chi connectivity index (χ4n) is 3.73. The lowest BCUT2D eigenvalue weighted by molar-refractivity contribution is 0.0927. The summed E-state index contributed by atoms with van der Waals surface area (Å²) in [6, 6.07) is 15.6. The molecule has 30 heavy (non-hydrogen) atoms. The summed E-state index contributed by atoms with van der Waals surface area (Å²) >= 11 is 0. The third-order valence-electron chi connectivity index (χ3n) is 5.54. The minimum Gasteiger partial charge on any atom is -0.383 e. The van der Waals surface area contributed by atoms with Crippen LogP contribution in [0.3, 0.4) is 0 Å². The Bertz CT molecular complexity index is 843. The summed E-state index contributed by atoms with van der Waals surface area (Å²) < 4.78 is 5.00. The number of methoxy groups -OCH3 is 1. The molecular weight excluding hydrogens is 378 g/mol. The van der Waals surface area contributed by atoms with Gasteiger partial charge in [0.1, 0.15) is 0 Å². The van der Waals surface area contributed by atoms with Crippen LogP contribution in [-0.4, -0.2) is 51.2 Å². The number of rotatable bonds is 8. The molecule has 3 rings (SSSR count). The number of piperidine rings is 1. The lowest BCUT2D eigenvalue weighted by Gasteiger charge is -2.35. The highest BCUT2D eigenvalue weighted by Crippen LogP contribution is 2.24. The van der Waals surface area contributed by atoms with E-state index >= 15 is 0 Å². The average molecular weight is 410 g/mol. The molecule has 0 aliphatic carbocycles. The first kappa shape index (κ1) is 21.8. The van der Waals surface area contributed by atoms with Gasteiger partial charge < -0.3 is 20.3 Å². The van der Waals surface area contributed by atoms with Crippen LogP contribution < -0.4 is 15.5 Å². The van der Waals surface area contributed by atoms with Gasteiger partial charge in [-0.3, -0.25) is 9.59 Å². The molecule has 0 bridgehead atoms. The number of aryl methyl sites for hydroxylation is 1. The lowest BCUT2D eigenvalue weighted by Crippen LogP contribution is -2.45. The van der Waals surface area contributed by atoms with Gasteiger partial charge in [0.15, 0.2) is 0 Å². The molecule has 0 unspecified atom stereocenters. The second kappa shape index (κ2) is 10.8. The van der Waals surface area contributed by atoms with Gasteiger partial charge in [-0.25, -0.2) is 0 Å². The number of anilines is 1. The van der Waals surface area contributed by atoms with Crippen molar-refractivity contribution >= 4 is 17.5 Å². The molecule has 6 heteroatoms. The maximum absolute atomic E-state index is 12.5. The first-order valence-electron chi connectivity index (χ1n) is 10.6. The van der Waals surface area contributed by atoms with E-state index in [9.17, 15) is 9.59 Å². The van der Waals surface area contributed by atoms with Gasteiger partial charge in [-0.05, 0) is 49.1 Å². The van der Waals surface area contributed by atoms with Crippen LogP contribution in [-0.2, 0) is 11.2 Å². The number of carbonyl (C=O) groups is 2. The van der Waals surface area contributed by atoms with E-state index in [2.05, 4.69) is 22.5 Å². The molecule has 2 aromatic carbocycles. The summed E-state index contributed by atoms with van der Waals surface area (Å²) in [5, 5.41) is 6.05. The predicted octanol–water partition coefficient (Wildman–Crippen LogP) is 3.02. The molecule has 2 aromatic rings. The van der Waals surface area contributed by atoms with Crippen molar-refractivity contribution in [2.45, 2.75) is 32.2 Å². The summed E-state index contributed by atoms with van der Waals surface area (Å²) in [5.41, 5.74) is 3.54. The number of nitrogens with one attached hydrogen (secondary N) is 2. The molecule has 0 spiro atoms. The average Bonchev–Trinajstić information content (AvgIpc) is 2.79. The quantitative estimate of drug-likeness (QED) is 0.658. The van der Waals surface area contributed by atoms with Gasteiger partial charge in [0.05, 0.1) is 12.2 Å². The van der Waals surface area contributed by atoms with E-state index in [0.717, 1.165) is 38.0 Å². The highest BCUT2D eigenvalue weighted by atomic mass is 16.5. The lowest BCUT2D eigenvalue weighted by atomic mass is 10.0. The summed E-state index contributed by atoms with van der Waals surface area (Å²) in [7, 11) is 1.61. The molecule has 1 fully saturated rings. The number of hydrogen-bond acceptors (Lipinski definition) is 4. The molecule has 1 saturated heterocycles. The van der Waals surface area contributed by atoms with Crippen molar-refractivity contribution in [3.8, 4) is 0 Å². The first-order valence-corrected chi connectivity index (χ1v) is 10.6. The van der Waals surface area contributed by atoms with Crippen LogP contribution in [0.15, 0.2) is 48.5 Å². The molecule has 0 atom stereocenters. The third-order valence-corrected chi connectivity index (χ3v) is 5.54. The van der Waals surface area contributed by atoms with Crippen LogP contribution in [0.25, 0.3) is 0 Å². The Balaban J connectivity index is 1.56. The van der Waals surface area contributed by atoms with Crippen molar-refractivity contribution in [2.75, 3.05) is 38.3 Å². The van der Waals surface area contributed by atoms with Crippen LogP contribution in [0.2, 0.25) is 0 Å². The summed E-state index contributed by atoms with van der Waals surface area (Å²) in [6.07, 6.45) is 2.66. The molecule has 6 nitrogen and oxygen atoms in total. The molecule has 160 valence electrons. The molecule has 0 radical (unpaired) electrons. The van der Waals surface area contributed by atoms with E-state index in [4.69, 9.17) is 4.74 Å². The molecule has 2 N–H and O–H groups in total. The minimum atomic E-state index is -0.0893. The first-order chi connectivity index (χ1) is 14.6. The Morgan fingerprint density at radius 3 is 2.40 bits per heavy atom. The summed E-state index contributed by atoms with van der Waals surface area (Å²) in [6.45, 7) is 4.66. The number of nitrogens with zero attached hydrogens (tertiary/aromatic N) is 1. The fraction of sp³-hybridized carbons (Fsp3) is 0.417. The Labute approximate surface area is 178 Å². The number of carbonyl (C=O) groups excluding carboxylic acids is 2. The van der Waals surface area contributed by atoms with Crippen LogP contribution in [0.5, 0.6) is 0 Å². The highest BCUT2D eigenvalue weighted by molar-refractivity contribution is 5.99. The normalized spacial score (nSPS) is 14.4. The Morgan fingerprint density at radius 2 is 1.73 bits per heavy atom. The molecular formula is C24H31N3O3. The zero-order valence-electron chi connectivity index (χ0n) is 17.8. The van der Waals surface area contributed by atoms with Gasteiger partial charge in [0.25, 0.3) is 11.8 Å². The second-order valence-corrected chi connectivity index (χ2v) is 7.55. The van der Waals surface area contributed by atoms with E-state index in [-0.39, 0.29) is 17.9 Å². The number of ether oxygens (including phenoxy) is 1. The van der Waals surface area contributed by atoms with Crippen molar-refractivity contribution in [1.29, 1.82) is 0 Å². The van der Waals surface area contributed by atoms with Gasteiger partial charge in [-0.15, -0.1) is 0 Å². The maximum Gasteiger partial charge on any atom is 0.253 e. The third kappa shape index (κ3) is 5.60. The van der Waals surface area contributed by atoms with Crippen molar-refractivity contribution in [2.24, 2.45) is 0 Å². The van der Waals surface area contributed by atoms with Crippen LogP contribution in [0.1, 0.15) is 46.0 Å². The van der Waals surface area contributed by atoms with Crippen molar-refractivity contribution in [1.82, 2.24) is 10.6 Å². The van der Waals surface area contributed by atoms with Gasteiger partial charge >= 0.3 is 0 Å². The predicted molar refractivity (Wildman–Crippen MR) is 119 cm³/mol. The Hall–Kier alpha value is -2.86. The summed E-state index contributed by atoms with van der Waals surface area (Å²) in [5.74, 6) is -0.109. The molecule has 0 saturated carbocycles. The number of para-hydroxylation sites is 1. The molecule has 1 aliphatic rings. The topological polar surface area (TPSA) is 70.7 Å². The smallest absolute Gasteiger partial charge is 0.253 e. The maximum atomic E-state index is 12.5. The molecule has 0 aromatic heterocycles. The monoisotopic (exact) mass is 409 g/mol. The van der Waals surface area contributed by atoms with Crippen LogP contribution >= 0.6 is 0 Å². The summed E-state index contributed by atoms with van der Waals surface area (Å²) in [4.78, 5) is 27.3. The van der Waals surface area contributed by atoms with E-state index in [0.29, 0.717) is 24.3 Å². The number of benzene rings is 2. The zero-order chi connectivity index (χ0) is 21.3. The van der Waals surface area contributed by atoms with Gasteiger partial charge in [0, 0.05) is 44.0 Å². The van der Waals surface area contributed by atoms with Crippen molar-refractivity contribution in [3.63, 3.8) is 0 Å². The minimum absolute atomic E-state index is 0.0194. The second-order valence-electron chi connectivity index (χ2n) is 7.55. The largest absolute Gasteiger partial charge is 0.383 e. The SMILES string of the molecule is CCc1ccc(C(=O)NC2CCN(c3ccccc3C(=O)NCCOC)CC2)cc1. The van der Waals surface area contributed by atoms with E-state index in [1.165, 1.54) is 5.56 Å². The Morgan fingerprint density at radius 1 is 1.03 bits per heavy atom. The van der Waals surface area contributed by atoms with Gasteiger partial charge in [-0.1, -0.05) is 31.2 Å². The van der Waals surface area contributed by atoms with Crippen molar-refractivity contribution in [3.05, 3.63) is 65.2 Å². The van der Waals surface area contributed by atoms with E-state index < -0.39 is 0 Å². The standard InChI is InChI=1S/C24H31N3O3/c1-3-18-8-10-19(11-9-18)23(28)26-20-12-15-27(16-13-20)22-7-5-4-6-21(22)24(29)25-14-17-30-2/h4-11,20H,3,12-17H2,1-2H3,(H,25,29)(H,26,28).